The molecule has 2 aromatic carbocycles. The molecular weight excluding hydrogens is 444 g/mol. The highest BCUT2D eigenvalue weighted by molar-refractivity contribution is 7.91. The van der Waals surface area contributed by atoms with E-state index in [1.165, 1.54) is 36.4 Å². The summed E-state index contributed by atoms with van der Waals surface area (Å²) >= 11 is 0. The summed E-state index contributed by atoms with van der Waals surface area (Å²) in [5, 5.41) is 11.8. The van der Waals surface area contributed by atoms with Gasteiger partial charge in [0.15, 0.2) is 19.7 Å². The van der Waals surface area contributed by atoms with E-state index in [4.69, 9.17) is 5.73 Å². The zero-order chi connectivity index (χ0) is 23.4. The van der Waals surface area contributed by atoms with Crippen molar-refractivity contribution < 1.29 is 31.5 Å². The second kappa shape index (κ2) is 9.58. The maximum atomic E-state index is 12.4. The van der Waals surface area contributed by atoms with Crippen LogP contribution in [0.25, 0.3) is 0 Å². The third-order valence-electron chi connectivity index (χ3n) is 4.50. The first-order valence-corrected chi connectivity index (χ1v) is 12.9. The van der Waals surface area contributed by atoms with E-state index in [1.807, 2.05) is 0 Å². The van der Waals surface area contributed by atoms with Crippen LogP contribution < -0.4 is 11.1 Å². The maximum absolute atomic E-state index is 12.4. The zero-order valence-electron chi connectivity index (χ0n) is 17.0. The molecule has 0 bridgehead atoms. The van der Waals surface area contributed by atoms with Gasteiger partial charge >= 0.3 is 5.97 Å². The van der Waals surface area contributed by atoms with E-state index in [1.54, 1.807) is 12.1 Å². The van der Waals surface area contributed by atoms with E-state index in [0.29, 0.717) is 11.1 Å². The average molecular weight is 469 g/mol. The Morgan fingerprint density at radius 3 is 1.77 bits per heavy atom. The molecule has 0 spiro atoms. The van der Waals surface area contributed by atoms with Gasteiger partial charge in [-0.05, 0) is 41.8 Å². The molecule has 0 aliphatic carbocycles. The molecule has 9 nitrogen and oxygen atoms in total. The number of rotatable bonds is 9. The molecule has 31 heavy (non-hydrogen) atoms. The first-order chi connectivity index (χ1) is 14.3. The summed E-state index contributed by atoms with van der Waals surface area (Å²) in [6.45, 7) is 0. The van der Waals surface area contributed by atoms with Crippen molar-refractivity contribution >= 4 is 31.6 Å². The highest BCUT2D eigenvalue weighted by atomic mass is 32.2. The van der Waals surface area contributed by atoms with Gasteiger partial charge in [0.1, 0.15) is 6.04 Å². The van der Waals surface area contributed by atoms with Crippen LogP contribution in [-0.4, -0.2) is 58.4 Å². The molecular formula is C20H24N2O7S2. The summed E-state index contributed by atoms with van der Waals surface area (Å²) in [5.74, 6) is -2.03. The van der Waals surface area contributed by atoms with Gasteiger partial charge in [0.2, 0.25) is 5.91 Å². The van der Waals surface area contributed by atoms with Crippen LogP contribution in [0, 0.1) is 0 Å². The largest absolute Gasteiger partial charge is 0.480 e. The third-order valence-corrected chi connectivity index (χ3v) is 6.72. The Labute approximate surface area is 181 Å². The predicted molar refractivity (Wildman–Crippen MR) is 114 cm³/mol. The van der Waals surface area contributed by atoms with Crippen molar-refractivity contribution in [3.8, 4) is 0 Å². The summed E-state index contributed by atoms with van der Waals surface area (Å²) in [4.78, 5) is 24.2. The number of carbonyl (C=O) groups excluding carboxylic acids is 1. The Kier molecular flexibility index (Phi) is 7.58. The van der Waals surface area contributed by atoms with Gasteiger partial charge in [-0.15, -0.1) is 0 Å². The molecule has 2 aromatic rings. The monoisotopic (exact) mass is 468 g/mol. The van der Waals surface area contributed by atoms with Crippen molar-refractivity contribution in [3.05, 3.63) is 59.7 Å². The second-order valence-corrected chi connectivity index (χ2v) is 11.3. The molecule has 0 radical (unpaired) electrons. The van der Waals surface area contributed by atoms with Gasteiger partial charge in [-0.25, -0.2) is 21.6 Å². The number of carboxylic acid groups (broad SMARTS) is 1. The first kappa shape index (κ1) is 24.5. The summed E-state index contributed by atoms with van der Waals surface area (Å²) < 4.78 is 46.7. The van der Waals surface area contributed by atoms with Crippen molar-refractivity contribution in [2.75, 3.05) is 12.5 Å². The van der Waals surface area contributed by atoms with Crippen molar-refractivity contribution in [3.63, 3.8) is 0 Å². The zero-order valence-corrected chi connectivity index (χ0v) is 18.6. The van der Waals surface area contributed by atoms with E-state index < -0.39 is 43.6 Å². The minimum Gasteiger partial charge on any atom is -0.480 e. The van der Waals surface area contributed by atoms with Crippen LogP contribution in [0.2, 0.25) is 0 Å². The Hall–Kier alpha value is -2.76. The van der Waals surface area contributed by atoms with Crippen molar-refractivity contribution in [2.45, 2.75) is 34.7 Å². The lowest BCUT2D eigenvalue weighted by molar-refractivity contribution is -0.141. The molecule has 0 heterocycles. The summed E-state index contributed by atoms with van der Waals surface area (Å²) in [6.07, 6.45) is 1.97. The Morgan fingerprint density at radius 2 is 1.35 bits per heavy atom. The molecule has 2 atom stereocenters. The lowest BCUT2D eigenvalue weighted by Gasteiger charge is -2.18. The van der Waals surface area contributed by atoms with Gasteiger partial charge in [-0.1, -0.05) is 24.3 Å². The molecule has 11 heteroatoms. The van der Waals surface area contributed by atoms with E-state index in [2.05, 4.69) is 5.32 Å². The van der Waals surface area contributed by atoms with E-state index in [0.717, 1.165) is 12.5 Å². The first-order valence-electron chi connectivity index (χ1n) is 9.14. The van der Waals surface area contributed by atoms with Crippen LogP contribution in [0.15, 0.2) is 58.3 Å². The molecule has 0 aliphatic rings. The molecule has 0 aliphatic heterocycles. The predicted octanol–water partition coefficient (Wildman–Crippen LogP) is 0.176. The highest BCUT2D eigenvalue weighted by Crippen LogP contribution is 2.14. The number of hydrogen-bond donors (Lipinski definition) is 3. The molecule has 4 N–H and O–H groups in total. The van der Waals surface area contributed by atoms with E-state index in [9.17, 15) is 31.5 Å². The van der Waals surface area contributed by atoms with Crippen LogP contribution in [0.5, 0.6) is 0 Å². The van der Waals surface area contributed by atoms with Crippen LogP contribution in [0.3, 0.4) is 0 Å². The van der Waals surface area contributed by atoms with Gasteiger partial charge in [0.25, 0.3) is 0 Å². The van der Waals surface area contributed by atoms with Crippen molar-refractivity contribution in [1.82, 2.24) is 5.32 Å². The molecule has 0 fully saturated rings. The number of amides is 1. The van der Waals surface area contributed by atoms with Crippen LogP contribution in [0.1, 0.15) is 11.1 Å². The maximum Gasteiger partial charge on any atom is 0.326 e. The molecule has 168 valence electrons. The lowest BCUT2D eigenvalue weighted by atomic mass is 10.0. The molecule has 2 rings (SSSR count). The van der Waals surface area contributed by atoms with E-state index >= 15 is 0 Å². The highest BCUT2D eigenvalue weighted by Gasteiger charge is 2.24. The number of sulfone groups is 2. The Bertz CT molecular complexity index is 1190. The van der Waals surface area contributed by atoms with Crippen LogP contribution in [0.4, 0.5) is 0 Å². The van der Waals surface area contributed by atoms with Gasteiger partial charge in [-0.2, -0.15) is 0 Å². The summed E-state index contributed by atoms with van der Waals surface area (Å²) in [5.41, 5.74) is 6.83. The Balaban J connectivity index is 2.11. The van der Waals surface area contributed by atoms with Gasteiger partial charge in [0, 0.05) is 18.9 Å². The van der Waals surface area contributed by atoms with Gasteiger partial charge in [-0.3, -0.25) is 4.79 Å². The third kappa shape index (κ3) is 7.16. The number of carbonyl (C=O) groups is 2. The fourth-order valence-corrected chi connectivity index (χ4v) is 4.25. The number of carboxylic acids is 1. The molecule has 2 unspecified atom stereocenters. The SMILES string of the molecule is CS(=O)(=O)c1cccc(CC(N)C(=O)NC(Cc2cccc(S(C)(=O)=O)c2)C(=O)O)c1. The topological polar surface area (TPSA) is 161 Å². The second-order valence-electron chi connectivity index (χ2n) is 7.25. The normalized spacial score (nSPS) is 13.9. The molecule has 0 aromatic heterocycles. The van der Waals surface area contributed by atoms with Crippen molar-refractivity contribution in [2.24, 2.45) is 5.73 Å². The van der Waals surface area contributed by atoms with Crippen LogP contribution >= 0.6 is 0 Å². The Morgan fingerprint density at radius 1 is 0.903 bits per heavy atom. The van der Waals surface area contributed by atoms with E-state index in [-0.39, 0.29) is 22.6 Å². The van der Waals surface area contributed by atoms with Crippen LogP contribution in [-0.2, 0) is 42.1 Å². The molecule has 0 saturated heterocycles. The summed E-state index contributed by atoms with van der Waals surface area (Å²) in [6, 6.07) is 9.36. The smallest absolute Gasteiger partial charge is 0.326 e. The van der Waals surface area contributed by atoms with Gasteiger partial charge in [0.05, 0.1) is 15.8 Å². The number of aliphatic carboxylic acids is 1. The molecule has 0 saturated carbocycles. The standard InChI is InChI=1S/C20H24N2O7S2/c1-30(26,27)15-7-3-5-13(9-15)11-17(21)19(23)22-18(20(24)25)12-14-6-4-8-16(10-14)31(2,28)29/h3-10,17-18H,11-12,21H2,1-2H3,(H,22,23)(H,24,25). The minimum atomic E-state index is -3.46. The average Bonchev–Trinajstić information content (AvgIpc) is 2.66. The number of benzene rings is 2. The number of nitrogens with two attached hydrogens (primary N) is 1. The number of hydrogen-bond acceptors (Lipinski definition) is 7. The number of nitrogens with one attached hydrogen (secondary N) is 1. The molecule has 1 amide bonds. The fourth-order valence-electron chi connectivity index (χ4n) is 2.87. The quantitative estimate of drug-likeness (QED) is 0.469. The lowest BCUT2D eigenvalue weighted by Crippen LogP contribution is -2.50. The van der Waals surface area contributed by atoms with Crippen molar-refractivity contribution in [1.29, 1.82) is 0 Å². The fraction of sp³-hybridized carbons (Fsp3) is 0.300. The summed E-state index contributed by atoms with van der Waals surface area (Å²) in [7, 11) is -6.89. The minimum absolute atomic E-state index is 0.00506. The van der Waals surface area contributed by atoms with Gasteiger partial charge < -0.3 is 16.2 Å².